The minimum absolute atomic E-state index is 0.207. The number of carboxylic acid groups (broad SMARTS) is 1. The van der Waals surface area contributed by atoms with E-state index in [1.807, 2.05) is 19.1 Å². The second kappa shape index (κ2) is 4.69. The van der Waals surface area contributed by atoms with E-state index in [0.29, 0.717) is 12.4 Å². The zero-order valence-electron chi connectivity index (χ0n) is 9.30. The van der Waals surface area contributed by atoms with Crippen LogP contribution in [-0.4, -0.2) is 16.1 Å². The summed E-state index contributed by atoms with van der Waals surface area (Å²) in [6, 6.07) is 6.67. The number of carbonyl (C=O) groups is 1. The summed E-state index contributed by atoms with van der Waals surface area (Å²) in [6.07, 6.45) is 1.46. The third-order valence-electron chi connectivity index (χ3n) is 2.25. The molecule has 2 heterocycles. The van der Waals surface area contributed by atoms with Gasteiger partial charge in [-0.25, -0.2) is 9.78 Å². The molecule has 0 aromatic carbocycles. The molecule has 0 aliphatic rings. The summed E-state index contributed by atoms with van der Waals surface area (Å²) in [5.74, 6) is 1.17. The zero-order valence-corrected chi connectivity index (χ0v) is 9.30. The summed E-state index contributed by atoms with van der Waals surface area (Å²) in [6.45, 7) is 2.34. The van der Waals surface area contributed by atoms with E-state index >= 15 is 0 Å². The molecule has 0 aliphatic carbocycles. The lowest BCUT2D eigenvalue weighted by molar-refractivity contribution is 0.0697. The summed E-state index contributed by atoms with van der Waals surface area (Å²) >= 11 is 0. The van der Waals surface area contributed by atoms with Crippen LogP contribution in [0.25, 0.3) is 0 Å². The highest BCUT2D eigenvalue weighted by atomic mass is 16.4. The average Bonchev–Trinajstić information content (AvgIpc) is 2.73. The molecular formula is C12H12N2O3. The van der Waals surface area contributed by atoms with Crippen molar-refractivity contribution in [2.75, 3.05) is 5.32 Å². The first-order chi connectivity index (χ1) is 8.15. The Kier molecular flexibility index (Phi) is 3.09. The fourth-order valence-electron chi connectivity index (χ4n) is 1.42. The second-order valence-electron chi connectivity index (χ2n) is 3.60. The minimum Gasteiger partial charge on any atom is -0.478 e. The summed E-state index contributed by atoms with van der Waals surface area (Å²) in [4.78, 5) is 14.8. The molecule has 0 spiro atoms. The fraction of sp³-hybridized carbons (Fsp3) is 0.167. The summed E-state index contributed by atoms with van der Waals surface area (Å²) < 4.78 is 5.38. The van der Waals surface area contributed by atoms with Gasteiger partial charge < -0.3 is 14.8 Å². The number of pyridine rings is 1. The predicted molar refractivity (Wildman–Crippen MR) is 62.0 cm³/mol. The molecule has 0 saturated carbocycles. The summed E-state index contributed by atoms with van der Waals surface area (Å²) in [7, 11) is 0. The van der Waals surface area contributed by atoms with Gasteiger partial charge in [-0.2, -0.15) is 0 Å². The maximum absolute atomic E-state index is 10.8. The number of rotatable bonds is 4. The topological polar surface area (TPSA) is 75.4 Å². The monoisotopic (exact) mass is 232 g/mol. The van der Waals surface area contributed by atoms with Crippen LogP contribution in [0.4, 0.5) is 5.82 Å². The van der Waals surface area contributed by atoms with Crippen LogP contribution in [-0.2, 0) is 6.54 Å². The van der Waals surface area contributed by atoms with Crippen molar-refractivity contribution in [1.82, 2.24) is 4.98 Å². The van der Waals surface area contributed by atoms with Gasteiger partial charge in [0.2, 0.25) is 0 Å². The van der Waals surface area contributed by atoms with Crippen molar-refractivity contribution in [2.24, 2.45) is 0 Å². The number of hydrogen-bond donors (Lipinski definition) is 2. The van der Waals surface area contributed by atoms with Gasteiger partial charge in [0.25, 0.3) is 0 Å². The molecule has 5 nitrogen and oxygen atoms in total. The van der Waals surface area contributed by atoms with Crippen molar-refractivity contribution in [3.8, 4) is 0 Å². The van der Waals surface area contributed by atoms with E-state index in [9.17, 15) is 4.79 Å². The Hall–Kier alpha value is -2.30. The molecule has 0 saturated heterocycles. The van der Waals surface area contributed by atoms with Crippen LogP contribution in [0.15, 0.2) is 34.9 Å². The summed E-state index contributed by atoms with van der Waals surface area (Å²) in [5.41, 5.74) is 0.207. The maximum Gasteiger partial charge on any atom is 0.335 e. The second-order valence-corrected chi connectivity index (χ2v) is 3.60. The molecule has 88 valence electrons. The Morgan fingerprint density at radius 1 is 1.47 bits per heavy atom. The van der Waals surface area contributed by atoms with Crippen LogP contribution in [0.2, 0.25) is 0 Å². The van der Waals surface area contributed by atoms with Gasteiger partial charge in [0.15, 0.2) is 0 Å². The van der Waals surface area contributed by atoms with Crippen molar-refractivity contribution in [3.63, 3.8) is 0 Å². The highest BCUT2D eigenvalue weighted by molar-refractivity contribution is 5.88. The molecule has 0 aliphatic heterocycles. The molecule has 5 heteroatoms. The number of carboxylic acids is 1. The number of nitrogens with zero attached hydrogens (tertiary/aromatic N) is 1. The number of anilines is 1. The molecule has 0 unspecified atom stereocenters. The van der Waals surface area contributed by atoms with E-state index in [1.54, 1.807) is 0 Å². The SMILES string of the molecule is Cc1ccc(CNc2cc(C(=O)O)ccn2)o1. The third-order valence-corrected chi connectivity index (χ3v) is 2.25. The van der Waals surface area contributed by atoms with Crippen LogP contribution in [0.1, 0.15) is 21.9 Å². The smallest absolute Gasteiger partial charge is 0.335 e. The first-order valence-electron chi connectivity index (χ1n) is 5.13. The Balaban J connectivity index is 2.04. The van der Waals surface area contributed by atoms with Crippen molar-refractivity contribution in [1.29, 1.82) is 0 Å². The Morgan fingerprint density at radius 3 is 2.94 bits per heavy atom. The van der Waals surface area contributed by atoms with Gasteiger partial charge in [-0.3, -0.25) is 0 Å². The lowest BCUT2D eigenvalue weighted by Gasteiger charge is -2.03. The maximum atomic E-state index is 10.8. The normalized spacial score (nSPS) is 10.2. The van der Waals surface area contributed by atoms with Crippen LogP contribution in [0.3, 0.4) is 0 Å². The molecule has 2 N–H and O–H groups in total. The third kappa shape index (κ3) is 2.84. The number of aryl methyl sites for hydroxylation is 1. The first-order valence-corrected chi connectivity index (χ1v) is 5.13. The Bertz CT molecular complexity index is 534. The van der Waals surface area contributed by atoms with Crippen molar-refractivity contribution in [2.45, 2.75) is 13.5 Å². The molecule has 17 heavy (non-hydrogen) atoms. The van der Waals surface area contributed by atoms with Gasteiger partial charge in [-0.05, 0) is 31.2 Å². The molecule has 0 amide bonds. The van der Waals surface area contributed by atoms with Gasteiger partial charge in [0, 0.05) is 6.20 Å². The first kappa shape index (κ1) is 11.2. The average molecular weight is 232 g/mol. The van der Waals surface area contributed by atoms with Gasteiger partial charge >= 0.3 is 5.97 Å². The Morgan fingerprint density at radius 2 is 2.29 bits per heavy atom. The highest BCUT2D eigenvalue weighted by Gasteiger charge is 2.04. The molecule has 0 bridgehead atoms. The van der Waals surface area contributed by atoms with Crippen LogP contribution >= 0.6 is 0 Å². The van der Waals surface area contributed by atoms with E-state index in [-0.39, 0.29) is 5.56 Å². The van der Waals surface area contributed by atoms with Crippen LogP contribution in [0, 0.1) is 6.92 Å². The molecular weight excluding hydrogens is 220 g/mol. The van der Waals surface area contributed by atoms with Gasteiger partial charge in [-0.1, -0.05) is 0 Å². The number of furan rings is 1. The zero-order chi connectivity index (χ0) is 12.3. The molecule has 0 atom stereocenters. The predicted octanol–water partition coefficient (Wildman–Crippen LogP) is 2.29. The molecule has 2 aromatic heterocycles. The van der Waals surface area contributed by atoms with Gasteiger partial charge in [0.1, 0.15) is 17.3 Å². The highest BCUT2D eigenvalue weighted by Crippen LogP contribution is 2.11. The minimum atomic E-state index is -0.968. The van der Waals surface area contributed by atoms with E-state index in [0.717, 1.165) is 11.5 Å². The van der Waals surface area contributed by atoms with Gasteiger partial charge in [-0.15, -0.1) is 0 Å². The standard InChI is InChI=1S/C12H12N2O3/c1-8-2-3-10(17-8)7-14-11-6-9(12(15)16)4-5-13-11/h2-6H,7H2,1H3,(H,13,14)(H,15,16). The fourth-order valence-corrected chi connectivity index (χ4v) is 1.42. The van der Waals surface area contributed by atoms with E-state index < -0.39 is 5.97 Å². The Labute approximate surface area is 98.1 Å². The van der Waals surface area contributed by atoms with E-state index in [4.69, 9.17) is 9.52 Å². The largest absolute Gasteiger partial charge is 0.478 e. The van der Waals surface area contributed by atoms with Crippen LogP contribution in [0.5, 0.6) is 0 Å². The molecule has 2 aromatic rings. The number of aromatic nitrogens is 1. The van der Waals surface area contributed by atoms with Crippen molar-refractivity contribution < 1.29 is 14.3 Å². The van der Waals surface area contributed by atoms with E-state index in [2.05, 4.69) is 10.3 Å². The van der Waals surface area contributed by atoms with Gasteiger partial charge in [0.05, 0.1) is 12.1 Å². The molecule has 0 radical (unpaired) electrons. The number of hydrogen-bond acceptors (Lipinski definition) is 4. The quantitative estimate of drug-likeness (QED) is 0.845. The summed E-state index contributed by atoms with van der Waals surface area (Å²) in [5, 5.41) is 11.8. The van der Waals surface area contributed by atoms with Crippen molar-refractivity contribution >= 4 is 11.8 Å². The lowest BCUT2D eigenvalue weighted by atomic mass is 10.2. The number of nitrogens with one attached hydrogen (secondary N) is 1. The van der Waals surface area contributed by atoms with Crippen LogP contribution < -0.4 is 5.32 Å². The van der Waals surface area contributed by atoms with E-state index in [1.165, 1.54) is 18.3 Å². The molecule has 0 fully saturated rings. The molecule has 2 rings (SSSR count). The lowest BCUT2D eigenvalue weighted by Crippen LogP contribution is -2.03. The number of aromatic carboxylic acids is 1. The van der Waals surface area contributed by atoms with Crippen molar-refractivity contribution in [3.05, 3.63) is 47.5 Å².